The Morgan fingerprint density at radius 2 is 2.00 bits per heavy atom. The zero-order valence-electron chi connectivity index (χ0n) is 10.8. The van der Waals surface area contributed by atoms with Crippen LogP contribution in [0.15, 0.2) is 0 Å². The van der Waals surface area contributed by atoms with E-state index in [2.05, 4.69) is 38.8 Å². The summed E-state index contributed by atoms with van der Waals surface area (Å²) in [6.45, 7) is 7.78. The molecule has 15 heavy (non-hydrogen) atoms. The van der Waals surface area contributed by atoms with E-state index in [-0.39, 0.29) is 0 Å². The van der Waals surface area contributed by atoms with E-state index in [4.69, 9.17) is 5.26 Å². The molecule has 0 heterocycles. The molecular formula is C13H26N2. The highest BCUT2D eigenvalue weighted by atomic mass is 15.1. The molecular weight excluding hydrogens is 184 g/mol. The van der Waals surface area contributed by atoms with Crippen LogP contribution in [0.4, 0.5) is 0 Å². The Hall–Kier alpha value is -0.550. The van der Waals surface area contributed by atoms with Crippen LogP contribution in [0.25, 0.3) is 0 Å². The molecule has 0 aliphatic rings. The molecule has 0 radical (unpaired) electrons. The zero-order valence-corrected chi connectivity index (χ0v) is 10.8. The van der Waals surface area contributed by atoms with Gasteiger partial charge >= 0.3 is 0 Å². The molecule has 0 spiro atoms. The molecule has 0 rings (SSSR count). The third-order valence-electron chi connectivity index (χ3n) is 3.23. The van der Waals surface area contributed by atoms with Crippen LogP contribution in [0.2, 0.25) is 0 Å². The minimum absolute atomic E-state index is 0.394. The number of hydrogen-bond donors (Lipinski definition) is 0. The summed E-state index contributed by atoms with van der Waals surface area (Å²) in [7, 11) is 2.14. The van der Waals surface area contributed by atoms with Crippen molar-refractivity contribution in [2.75, 3.05) is 13.6 Å². The molecule has 2 atom stereocenters. The Kier molecular flexibility index (Phi) is 8.41. The number of rotatable bonds is 8. The molecule has 88 valence electrons. The topological polar surface area (TPSA) is 27.0 Å². The monoisotopic (exact) mass is 210 g/mol. The number of unbranched alkanes of at least 4 members (excludes halogenated alkanes) is 1. The molecule has 0 aromatic carbocycles. The van der Waals surface area contributed by atoms with Crippen LogP contribution in [-0.2, 0) is 0 Å². The van der Waals surface area contributed by atoms with Crippen molar-refractivity contribution >= 4 is 0 Å². The maximum absolute atomic E-state index is 8.64. The smallest absolute Gasteiger partial charge is 0.0638 e. The van der Waals surface area contributed by atoms with Gasteiger partial charge in [0.05, 0.1) is 12.5 Å². The van der Waals surface area contributed by atoms with E-state index in [1.807, 2.05) is 0 Å². The van der Waals surface area contributed by atoms with Gasteiger partial charge in [-0.3, -0.25) is 0 Å². The van der Waals surface area contributed by atoms with Crippen LogP contribution in [-0.4, -0.2) is 24.5 Å². The Morgan fingerprint density at radius 1 is 1.33 bits per heavy atom. The molecule has 0 amide bonds. The minimum atomic E-state index is 0.394. The SMILES string of the molecule is CCCCC(CC)CN(C)C(C)CC#N. The summed E-state index contributed by atoms with van der Waals surface area (Å²) in [4.78, 5) is 2.33. The van der Waals surface area contributed by atoms with Crippen molar-refractivity contribution in [3.63, 3.8) is 0 Å². The van der Waals surface area contributed by atoms with Gasteiger partial charge in [0.2, 0.25) is 0 Å². The highest BCUT2D eigenvalue weighted by Crippen LogP contribution is 2.15. The van der Waals surface area contributed by atoms with E-state index >= 15 is 0 Å². The first-order valence-corrected chi connectivity index (χ1v) is 6.22. The van der Waals surface area contributed by atoms with Crippen molar-refractivity contribution in [3.05, 3.63) is 0 Å². The van der Waals surface area contributed by atoms with Gasteiger partial charge in [0.25, 0.3) is 0 Å². The largest absolute Gasteiger partial charge is 0.302 e. The molecule has 0 aliphatic carbocycles. The average Bonchev–Trinajstić information content (AvgIpc) is 2.24. The van der Waals surface area contributed by atoms with E-state index < -0.39 is 0 Å². The van der Waals surface area contributed by atoms with Crippen LogP contribution in [0.3, 0.4) is 0 Å². The Bertz CT molecular complexity index is 183. The van der Waals surface area contributed by atoms with Crippen LogP contribution < -0.4 is 0 Å². The molecule has 0 saturated heterocycles. The molecule has 0 bridgehead atoms. The van der Waals surface area contributed by atoms with Gasteiger partial charge in [-0.15, -0.1) is 0 Å². The van der Waals surface area contributed by atoms with Gasteiger partial charge < -0.3 is 4.90 Å². The van der Waals surface area contributed by atoms with E-state index in [0.717, 1.165) is 12.5 Å². The van der Waals surface area contributed by atoms with Crippen molar-refractivity contribution in [3.8, 4) is 6.07 Å². The van der Waals surface area contributed by atoms with Crippen molar-refractivity contribution in [1.82, 2.24) is 4.90 Å². The fourth-order valence-electron chi connectivity index (χ4n) is 1.79. The Labute approximate surface area is 95.3 Å². The van der Waals surface area contributed by atoms with Gasteiger partial charge in [-0.05, 0) is 26.3 Å². The number of nitrogens with zero attached hydrogens (tertiary/aromatic N) is 2. The third-order valence-corrected chi connectivity index (χ3v) is 3.23. The Balaban J connectivity index is 3.89. The van der Waals surface area contributed by atoms with Crippen molar-refractivity contribution in [2.24, 2.45) is 5.92 Å². The van der Waals surface area contributed by atoms with Gasteiger partial charge in [-0.1, -0.05) is 33.1 Å². The van der Waals surface area contributed by atoms with Gasteiger partial charge in [-0.2, -0.15) is 5.26 Å². The lowest BCUT2D eigenvalue weighted by Gasteiger charge is -2.27. The van der Waals surface area contributed by atoms with E-state index in [9.17, 15) is 0 Å². The van der Waals surface area contributed by atoms with Crippen LogP contribution in [0.5, 0.6) is 0 Å². The molecule has 0 N–H and O–H groups in total. The minimum Gasteiger partial charge on any atom is -0.302 e. The fraction of sp³-hybridized carbons (Fsp3) is 0.923. The first-order chi connectivity index (χ1) is 7.15. The number of nitriles is 1. The molecule has 2 unspecified atom stereocenters. The predicted molar refractivity (Wildman–Crippen MR) is 65.6 cm³/mol. The van der Waals surface area contributed by atoms with Crippen molar-refractivity contribution in [2.45, 2.75) is 58.9 Å². The summed E-state index contributed by atoms with van der Waals surface area (Å²) in [5, 5.41) is 8.64. The molecule has 2 heteroatoms. The molecule has 0 aromatic rings. The van der Waals surface area contributed by atoms with Gasteiger partial charge in [0.15, 0.2) is 0 Å². The summed E-state index contributed by atoms with van der Waals surface area (Å²) in [5.74, 6) is 0.802. The molecule has 0 saturated carbocycles. The van der Waals surface area contributed by atoms with Crippen LogP contribution >= 0.6 is 0 Å². The molecule has 0 aromatic heterocycles. The normalized spacial score (nSPS) is 14.9. The van der Waals surface area contributed by atoms with Gasteiger partial charge in [0, 0.05) is 12.6 Å². The van der Waals surface area contributed by atoms with Crippen LogP contribution in [0, 0.1) is 17.2 Å². The second kappa shape index (κ2) is 8.73. The van der Waals surface area contributed by atoms with Crippen LogP contribution in [0.1, 0.15) is 52.9 Å². The highest BCUT2D eigenvalue weighted by molar-refractivity contribution is 4.79. The molecule has 0 aliphatic heterocycles. The van der Waals surface area contributed by atoms with Gasteiger partial charge in [0.1, 0.15) is 0 Å². The quantitative estimate of drug-likeness (QED) is 0.613. The fourth-order valence-corrected chi connectivity index (χ4v) is 1.79. The van der Waals surface area contributed by atoms with Gasteiger partial charge in [-0.25, -0.2) is 0 Å². The first-order valence-electron chi connectivity index (χ1n) is 6.22. The summed E-state index contributed by atoms with van der Waals surface area (Å²) >= 11 is 0. The second-order valence-electron chi connectivity index (χ2n) is 4.57. The van der Waals surface area contributed by atoms with E-state index in [1.165, 1.54) is 25.7 Å². The van der Waals surface area contributed by atoms with Crippen molar-refractivity contribution < 1.29 is 0 Å². The average molecular weight is 210 g/mol. The Morgan fingerprint density at radius 3 is 2.47 bits per heavy atom. The zero-order chi connectivity index (χ0) is 11.7. The molecule has 2 nitrogen and oxygen atoms in total. The second-order valence-corrected chi connectivity index (χ2v) is 4.57. The highest BCUT2D eigenvalue weighted by Gasteiger charge is 2.13. The molecule has 0 fully saturated rings. The lowest BCUT2D eigenvalue weighted by atomic mass is 9.98. The summed E-state index contributed by atoms with van der Waals surface area (Å²) < 4.78 is 0. The number of hydrogen-bond acceptors (Lipinski definition) is 2. The standard InChI is InChI=1S/C13H26N2/c1-5-7-8-13(6-2)11-15(4)12(3)9-10-14/h12-13H,5-9,11H2,1-4H3. The lowest BCUT2D eigenvalue weighted by Crippen LogP contribution is -2.33. The maximum atomic E-state index is 8.64. The first kappa shape index (κ1) is 14.5. The third kappa shape index (κ3) is 6.52. The summed E-state index contributed by atoms with van der Waals surface area (Å²) in [6, 6.07) is 2.64. The maximum Gasteiger partial charge on any atom is 0.0638 e. The van der Waals surface area contributed by atoms with E-state index in [1.54, 1.807) is 0 Å². The summed E-state index contributed by atoms with van der Waals surface area (Å²) in [6.07, 6.45) is 5.84. The lowest BCUT2D eigenvalue weighted by molar-refractivity contribution is 0.209. The van der Waals surface area contributed by atoms with E-state index in [0.29, 0.717) is 12.5 Å². The summed E-state index contributed by atoms with van der Waals surface area (Å²) in [5.41, 5.74) is 0. The van der Waals surface area contributed by atoms with Crippen molar-refractivity contribution in [1.29, 1.82) is 5.26 Å². The predicted octanol–water partition coefficient (Wildman–Crippen LogP) is 3.44.